The van der Waals surface area contributed by atoms with Gasteiger partial charge in [-0.25, -0.2) is 4.79 Å². The third-order valence-corrected chi connectivity index (χ3v) is 4.93. The number of nitrogen functional groups attached to an aromatic ring is 1. The summed E-state index contributed by atoms with van der Waals surface area (Å²) in [5.74, 6) is 0.503. The maximum Gasteiger partial charge on any atom is 0.323 e. The molecule has 140 valence electrons. The molecule has 3 aromatic carbocycles. The van der Waals surface area contributed by atoms with Gasteiger partial charge in [0, 0.05) is 22.9 Å². The number of aromatic nitrogens is 2. The molecule has 2 amide bonds. The fourth-order valence-corrected chi connectivity index (χ4v) is 3.58. The van der Waals surface area contributed by atoms with Gasteiger partial charge in [-0.2, -0.15) is 5.10 Å². The van der Waals surface area contributed by atoms with Crippen LogP contribution in [0.5, 0.6) is 0 Å². The number of carbonyl (C=O) groups excluding carboxylic acids is 1. The number of anilines is 3. The molecular weight excluding hydrogens is 418 g/mol. The van der Waals surface area contributed by atoms with E-state index in [9.17, 15) is 4.79 Å². The van der Waals surface area contributed by atoms with Gasteiger partial charge in [-0.15, -0.1) is 0 Å². The average Bonchev–Trinajstić information content (AvgIpc) is 2.96. The summed E-state index contributed by atoms with van der Waals surface area (Å²) >= 11 is 3.39. The first-order valence-corrected chi connectivity index (χ1v) is 9.46. The van der Waals surface area contributed by atoms with Gasteiger partial charge < -0.3 is 16.4 Å². The molecule has 0 spiro atoms. The average molecular weight is 436 g/mol. The van der Waals surface area contributed by atoms with Gasteiger partial charge in [-0.05, 0) is 47.5 Å². The SMILES string of the molecule is Cn1nc(N)c2c(-c3ccc(NC(=O)Nc4cccc(Br)c4)cc3)cccc21. The largest absolute Gasteiger partial charge is 0.382 e. The van der Waals surface area contributed by atoms with Crippen molar-refractivity contribution in [3.05, 3.63) is 71.2 Å². The van der Waals surface area contributed by atoms with E-state index in [1.165, 1.54) is 0 Å². The lowest BCUT2D eigenvalue weighted by Crippen LogP contribution is -2.19. The monoisotopic (exact) mass is 435 g/mol. The number of rotatable bonds is 3. The first kappa shape index (κ1) is 18.1. The molecule has 0 unspecified atom stereocenters. The number of nitrogens with two attached hydrogens (primary N) is 1. The van der Waals surface area contributed by atoms with Crippen LogP contribution in [0.2, 0.25) is 0 Å². The van der Waals surface area contributed by atoms with Crippen LogP contribution in [0.4, 0.5) is 22.0 Å². The number of hydrogen-bond acceptors (Lipinski definition) is 3. The number of halogens is 1. The van der Waals surface area contributed by atoms with Crippen molar-refractivity contribution in [2.24, 2.45) is 7.05 Å². The third-order valence-electron chi connectivity index (χ3n) is 4.44. The first-order chi connectivity index (χ1) is 13.5. The lowest BCUT2D eigenvalue weighted by atomic mass is 10.0. The van der Waals surface area contributed by atoms with Crippen LogP contribution in [0.15, 0.2) is 71.2 Å². The quantitative estimate of drug-likeness (QED) is 0.411. The minimum Gasteiger partial charge on any atom is -0.382 e. The van der Waals surface area contributed by atoms with E-state index in [0.717, 1.165) is 26.5 Å². The normalized spacial score (nSPS) is 10.8. The summed E-state index contributed by atoms with van der Waals surface area (Å²) in [6, 6.07) is 20.7. The zero-order chi connectivity index (χ0) is 19.7. The highest BCUT2D eigenvalue weighted by atomic mass is 79.9. The molecule has 0 aliphatic carbocycles. The van der Waals surface area contributed by atoms with Crippen molar-refractivity contribution in [2.75, 3.05) is 16.4 Å². The van der Waals surface area contributed by atoms with E-state index in [4.69, 9.17) is 5.73 Å². The van der Waals surface area contributed by atoms with Crippen LogP contribution in [-0.2, 0) is 7.05 Å². The molecule has 0 aliphatic rings. The number of nitrogens with one attached hydrogen (secondary N) is 2. The van der Waals surface area contributed by atoms with Crippen LogP contribution in [0, 0.1) is 0 Å². The van der Waals surface area contributed by atoms with Crippen molar-refractivity contribution in [3.63, 3.8) is 0 Å². The van der Waals surface area contributed by atoms with Crippen molar-refractivity contribution >= 4 is 50.1 Å². The van der Waals surface area contributed by atoms with Crippen LogP contribution >= 0.6 is 15.9 Å². The van der Waals surface area contributed by atoms with Crippen molar-refractivity contribution in [1.82, 2.24) is 9.78 Å². The Kier molecular flexibility index (Phi) is 4.75. The molecule has 0 saturated carbocycles. The first-order valence-electron chi connectivity index (χ1n) is 8.66. The molecule has 0 radical (unpaired) electrons. The molecule has 1 aromatic heterocycles. The summed E-state index contributed by atoms with van der Waals surface area (Å²) in [5, 5.41) is 10.9. The highest BCUT2D eigenvalue weighted by molar-refractivity contribution is 9.10. The molecule has 0 atom stereocenters. The summed E-state index contributed by atoms with van der Waals surface area (Å²) in [4.78, 5) is 12.2. The second-order valence-corrected chi connectivity index (χ2v) is 7.29. The number of nitrogens with zero attached hydrogens (tertiary/aromatic N) is 2. The van der Waals surface area contributed by atoms with Crippen molar-refractivity contribution in [3.8, 4) is 11.1 Å². The Morgan fingerprint density at radius 2 is 1.71 bits per heavy atom. The molecule has 28 heavy (non-hydrogen) atoms. The van der Waals surface area contributed by atoms with Crippen LogP contribution in [0.25, 0.3) is 22.0 Å². The van der Waals surface area contributed by atoms with E-state index in [-0.39, 0.29) is 6.03 Å². The number of carbonyl (C=O) groups is 1. The van der Waals surface area contributed by atoms with Gasteiger partial charge in [-0.1, -0.05) is 46.3 Å². The van der Waals surface area contributed by atoms with E-state index in [1.807, 2.05) is 73.8 Å². The van der Waals surface area contributed by atoms with Crippen LogP contribution in [-0.4, -0.2) is 15.8 Å². The maximum absolute atomic E-state index is 12.2. The fourth-order valence-electron chi connectivity index (χ4n) is 3.18. The molecule has 7 heteroatoms. The number of urea groups is 1. The van der Waals surface area contributed by atoms with E-state index >= 15 is 0 Å². The van der Waals surface area contributed by atoms with E-state index in [2.05, 4.69) is 31.7 Å². The lowest BCUT2D eigenvalue weighted by Gasteiger charge is -2.09. The summed E-state index contributed by atoms with van der Waals surface area (Å²) in [5.41, 5.74) is 10.5. The lowest BCUT2D eigenvalue weighted by molar-refractivity contribution is 0.262. The number of benzene rings is 3. The predicted molar refractivity (Wildman–Crippen MR) is 117 cm³/mol. The Labute approximate surface area is 170 Å². The summed E-state index contributed by atoms with van der Waals surface area (Å²) < 4.78 is 2.68. The number of aryl methyl sites for hydroxylation is 1. The molecule has 0 fully saturated rings. The Morgan fingerprint density at radius 1 is 1.00 bits per heavy atom. The topological polar surface area (TPSA) is 85.0 Å². The predicted octanol–water partition coefficient (Wildman–Crippen LogP) is 5.23. The van der Waals surface area contributed by atoms with Crippen LogP contribution < -0.4 is 16.4 Å². The molecule has 0 aliphatic heterocycles. The van der Waals surface area contributed by atoms with Gasteiger partial charge in [0.2, 0.25) is 0 Å². The highest BCUT2D eigenvalue weighted by Crippen LogP contribution is 2.32. The summed E-state index contributed by atoms with van der Waals surface area (Å²) in [7, 11) is 1.87. The van der Waals surface area contributed by atoms with E-state index in [1.54, 1.807) is 4.68 Å². The van der Waals surface area contributed by atoms with Gasteiger partial charge in [0.25, 0.3) is 0 Å². The Morgan fingerprint density at radius 3 is 2.46 bits per heavy atom. The van der Waals surface area contributed by atoms with Gasteiger partial charge in [0.15, 0.2) is 5.82 Å². The number of amides is 2. The highest BCUT2D eigenvalue weighted by Gasteiger charge is 2.12. The number of fused-ring (bicyclic) bond motifs is 1. The Balaban J connectivity index is 1.54. The minimum atomic E-state index is -0.301. The van der Waals surface area contributed by atoms with Crippen LogP contribution in [0.3, 0.4) is 0 Å². The Bertz CT molecular complexity index is 1170. The third kappa shape index (κ3) is 3.57. The van der Waals surface area contributed by atoms with Crippen molar-refractivity contribution < 1.29 is 4.79 Å². The van der Waals surface area contributed by atoms with Gasteiger partial charge in [0.1, 0.15) is 0 Å². The van der Waals surface area contributed by atoms with Crippen LogP contribution in [0.1, 0.15) is 0 Å². The fraction of sp³-hybridized carbons (Fsp3) is 0.0476. The summed E-state index contributed by atoms with van der Waals surface area (Å²) in [6.45, 7) is 0. The van der Waals surface area contributed by atoms with E-state index < -0.39 is 0 Å². The number of hydrogen-bond donors (Lipinski definition) is 3. The molecule has 4 N–H and O–H groups in total. The second-order valence-electron chi connectivity index (χ2n) is 6.38. The van der Waals surface area contributed by atoms with E-state index in [0.29, 0.717) is 17.2 Å². The van der Waals surface area contributed by atoms with Gasteiger partial charge in [0.05, 0.1) is 10.9 Å². The molecule has 6 nitrogen and oxygen atoms in total. The standard InChI is InChI=1S/C21H18BrN5O/c1-27-18-7-3-6-17(19(18)20(23)26-27)13-8-10-15(11-9-13)24-21(28)25-16-5-2-4-14(22)12-16/h2-12H,1H3,(H2,23,26)(H2,24,25,28). The Hall–Kier alpha value is -3.32. The van der Waals surface area contributed by atoms with Crippen molar-refractivity contribution in [1.29, 1.82) is 0 Å². The molecule has 0 bridgehead atoms. The zero-order valence-electron chi connectivity index (χ0n) is 15.1. The second kappa shape index (κ2) is 7.36. The molecule has 0 saturated heterocycles. The van der Waals surface area contributed by atoms with Gasteiger partial charge in [-0.3, -0.25) is 4.68 Å². The maximum atomic E-state index is 12.2. The van der Waals surface area contributed by atoms with Gasteiger partial charge >= 0.3 is 6.03 Å². The smallest absolute Gasteiger partial charge is 0.323 e. The summed E-state index contributed by atoms with van der Waals surface area (Å²) in [6.07, 6.45) is 0. The molecule has 1 heterocycles. The molecular formula is C21H18BrN5O. The zero-order valence-corrected chi connectivity index (χ0v) is 16.7. The molecule has 4 rings (SSSR count). The molecule has 4 aromatic rings. The van der Waals surface area contributed by atoms with Crippen molar-refractivity contribution in [2.45, 2.75) is 0 Å². The minimum absolute atomic E-state index is 0.301.